The zero-order valence-corrected chi connectivity index (χ0v) is 7.49. The number of carbonyl (C=O) groups excluding carboxylic acids is 1. The molecule has 0 saturated carbocycles. The van der Waals surface area contributed by atoms with Crippen LogP contribution < -0.4 is 0 Å². The number of carbonyl (C=O) groups is 1. The van der Waals surface area contributed by atoms with Gasteiger partial charge in [-0.1, -0.05) is 0 Å². The maximum Gasteiger partial charge on any atom is 0.295 e. The van der Waals surface area contributed by atoms with Crippen LogP contribution in [0.15, 0.2) is 18.9 Å². The average Bonchev–Trinajstić information content (AvgIpc) is 2.61. The number of imidazole rings is 1. The second-order valence-electron chi connectivity index (χ2n) is 2.72. The molecule has 14 heavy (non-hydrogen) atoms. The zero-order valence-electron chi connectivity index (χ0n) is 7.49. The molecule has 0 fully saturated rings. The van der Waals surface area contributed by atoms with Crippen molar-refractivity contribution in [2.75, 3.05) is 0 Å². The van der Waals surface area contributed by atoms with E-state index in [1.807, 2.05) is 0 Å². The van der Waals surface area contributed by atoms with Gasteiger partial charge in [0.1, 0.15) is 18.2 Å². The van der Waals surface area contributed by atoms with E-state index in [2.05, 4.69) is 15.0 Å². The summed E-state index contributed by atoms with van der Waals surface area (Å²) in [5.74, 6) is 0. The van der Waals surface area contributed by atoms with Crippen LogP contribution in [-0.4, -0.2) is 26.0 Å². The highest BCUT2D eigenvalue weighted by Crippen LogP contribution is 2.14. The predicted molar refractivity (Wildman–Crippen MR) is 47.2 cm³/mol. The number of hydrogen-bond donors (Lipinski definition) is 0. The van der Waals surface area contributed by atoms with Crippen LogP contribution in [0.25, 0.3) is 11.2 Å². The van der Waals surface area contributed by atoms with Crippen LogP contribution in [-0.2, 0) is 9.53 Å². The fourth-order valence-electron chi connectivity index (χ4n) is 1.20. The predicted octanol–water partition coefficient (Wildman–Crippen LogP) is 0.518. The summed E-state index contributed by atoms with van der Waals surface area (Å²) in [6.45, 7) is 2.13. The molecule has 1 atom stereocenters. The van der Waals surface area contributed by atoms with Gasteiger partial charge in [-0.3, -0.25) is 9.36 Å². The van der Waals surface area contributed by atoms with Gasteiger partial charge in [0, 0.05) is 0 Å². The first-order valence-electron chi connectivity index (χ1n) is 4.04. The Morgan fingerprint density at radius 1 is 1.57 bits per heavy atom. The molecule has 6 nitrogen and oxygen atoms in total. The first kappa shape index (κ1) is 8.61. The number of nitrogens with zero attached hydrogens (tertiary/aromatic N) is 4. The quantitative estimate of drug-likeness (QED) is 0.663. The fourth-order valence-corrected chi connectivity index (χ4v) is 1.20. The summed E-state index contributed by atoms with van der Waals surface area (Å²) in [7, 11) is 0. The van der Waals surface area contributed by atoms with Gasteiger partial charge < -0.3 is 4.74 Å². The van der Waals surface area contributed by atoms with Gasteiger partial charge in [0.25, 0.3) is 6.47 Å². The van der Waals surface area contributed by atoms with Gasteiger partial charge in [-0.25, -0.2) is 15.0 Å². The number of rotatable bonds is 3. The van der Waals surface area contributed by atoms with Crippen LogP contribution in [0.1, 0.15) is 13.2 Å². The maximum absolute atomic E-state index is 10.2. The van der Waals surface area contributed by atoms with Crippen molar-refractivity contribution < 1.29 is 9.53 Å². The number of fused-ring (bicyclic) bond motifs is 1. The SMILES string of the molecule is CC(OC=O)n1cnc2cncnc21. The minimum absolute atomic E-state index is 0.400. The Morgan fingerprint density at radius 2 is 2.43 bits per heavy atom. The van der Waals surface area contributed by atoms with Gasteiger partial charge in [-0.05, 0) is 6.92 Å². The molecule has 2 aromatic heterocycles. The first-order chi connectivity index (χ1) is 6.83. The van der Waals surface area contributed by atoms with E-state index in [-0.39, 0.29) is 0 Å². The lowest BCUT2D eigenvalue weighted by molar-refractivity contribution is -0.136. The third kappa shape index (κ3) is 1.30. The molecule has 0 radical (unpaired) electrons. The highest BCUT2D eigenvalue weighted by Gasteiger charge is 2.09. The molecule has 1 unspecified atom stereocenters. The number of hydrogen-bond acceptors (Lipinski definition) is 5. The highest BCUT2D eigenvalue weighted by atomic mass is 16.5. The monoisotopic (exact) mass is 192 g/mol. The Labute approximate surface area is 79.6 Å². The topological polar surface area (TPSA) is 69.9 Å². The summed E-state index contributed by atoms with van der Waals surface area (Å²) in [5, 5.41) is 0. The van der Waals surface area contributed by atoms with E-state index >= 15 is 0 Å². The second kappa shape index (κ2) is 3.41. The Balaban J connectivity index is 2.47. The molecule has 0 amide bonds. The molecule has 0 aliphatic carbocycles. The molecule has 2 aromatic rings. The molecular weight excluding hydrogens is 184 g/mol. The van der Waals surface area contributed by atoms with Crippen molar-refractivity contribution in [2.45, 2.75) is 13.2 Å². The van der Waals surface area contributed by atoms with Crippen LogP contribution in [0.3, 0.4) is 0 Å². The second-order valence-corrected chi connectivity index (χ2v) is 2.72. The summed E-state index contributed by atoms with van der Waals surface area (Å²) >= 11 is 0. The van der Waals surface area contributed by atoms with Gasteiger partial charge >= 0.3 is 0 Å². The number of ether oxygens (including phenoxy) is 1. The Bertz CT molecular complexity index is 453. The van der Waals surface area contributed by atoms with E-state index in [9.17, 15) is 4.79 Å². The van der Waals surface area contributed by atoms with E-state index in [1.54, 1.807) is 24.0 Å². The molecule has 0 saturated heterocycles. The lowest BCUT2D eigenvalue weighted by Gasteiger charge is -2.10. The fraction of sp³-hybridized carbons (Fsp3) is 0.250. The normalized spacial score (nSPS) is 12.6. The molecule has 2 rings (SSSR count). The number of aromatic nitrogens is 4. The van der Waals surface area contributed by atoms with Crippen LogP contribution in [0.2, 0.25) is 0 Å². The summed E-state index contributed by atoms with van der Waals surface area (Å²) in [5.41, 5.74) is 1.32. The molecule has 2 heterocycles. The van der Waals surface area contributed by atoms with Gasteiger partial charge in [0.05, 0.1) is 6.20 Å². The molecule has 0 bridgehead atoms. The summed E-state index contributed by atoms with van der Waals surface area (Å²) in [4.78, 5) is 22.1. The standard InChI is InChI=1S/C8H8N4O2/c1-6(14-5-13)12-4-11-7-2-9-3-10-8(7)12/h2-6H,1H3. The minimum Gasteiger partial charge on any atom is -0.444 e. The first-order valence-corrected chi connectivity index (χ1v) is 4.04. The van der Waals surface area contributed by atoms with Crippen molar-refractivity contribution in [1.29, 1.82) is 0 Å². The Hall–Kier alpha value is -1.98. The van der Waals surface area contributed by atoms with Gasteiger partial charge in [0.15, 0.2) is 11.9 Å². The molecule has 6 heteroatoms. The van der Waals surface area contributed by atoms with Crippen LogP contribution in [0.5, 0.6) is 0 Å². The Kier molecular flexibility index (Phi) is 2.10. The average molecular weight is 192 g/mol. The Morgan fingerprint density at radius 3 is 3.21 bits per heavy atom. The zero-order chi connectivity index (χ0) is 9.97. The molecule has 0 spiro atoms. The van der Waals surface area contributed by atoms with Crippen LogP contribution in [0.4, 0.5) is 0 Å². The summed E-state index contributed by atoms with van der Waals surface area (Å²) in [6.07, 6.45) is 4.18. The van der Waals surface area contributed by atoms with Crippen molar-refractivity contribution in [2.24, 2.45) is 0 Å². The van der Waals surface area contributed by atoms with Crippen molar-refractivity contribution in [3.8, 4) is 0 Å². The summed E-state index contributed by atoms with van der Waals surface area (Å²) < 4.78 is 6.43. The molecule has 0 aromatic carbocycles. The molecule has 72 valence electrons. The van der Waals surface area contributed by atoms with Crippen molar-refractivity contribution >= 4 is 17.6 Å². The third-order valence-corrected chi connectivity index (χ3v) is 1.88. The van der Waals surface area contributed by atoms with E-state index in [4.69, 9.17) is 4.74 Å². The van der Waals surface area contributed by atoms with Crippen molar-refractivity contribution in [3.63, 3.8) is 0 Å². The third-order valence-electron chi connectivity index (χ3n) is 1.88. The van der Waals surface area contributed by atoms with E-state index in [0.717, 1.165) is 0 Å². The van der Waals surface area contributed by atoms with Crippen molar-refractivity contribution in [3.05, 3.63) is 18.9 Å². The van der Waals surface area contributed by atoms with E-state index in [0.29, 0.717) is 17.6 Å². The van der Waals surface area contributed by atoms with Crippen LogP contribution >= 0.6 is 0 Å². The largest absolute Gasteiger partial charge is 0.444 e. The van der Waals surface area contributed by atoms with Gasteiger partial charge in [-0.15, -0.1) is 0 Å². The van der Waals surface area contributed by atoms with E-state index in [1.165, 1.54) is 6.33 Å². The lowest BCUT2D eigenvalue weighted by Crippen LogP contribution is -2.07. The summed E-state index contributed by atoms with van der Waals surface area (Å²) in [6, 6.07) is 0. The molecule has 0 aliphatic rings. The molecule has 0 N–H and O–H groups in total. The van der Waals surface area contributed by atoms with E-state index < -0.39 is 6.23 Å². The smallest absolute Gasteiger partial charge is 0.295 e. The van der Waals surface area contributed by atoms with Crippen LogP contribution in [0, 0.1) is 0 Å². The minimum atomic E-state index is -0.410. The maximum atomic E-state index is 10.2. The lowest BCUT2D eigenvalue weighted by atomic mass is 10.5. The highest BCUT2D eigenvalue weighted by molar-refractivity contribution is 5.68. The molecule has 0 aliphatic heterocycles. The molecular formula is C8H8N4O2. The van der Waals surface area contributed by atoms with Gasteiger partial charge in [0.2, 0.25) is 0 Å². The van der Waals surface area contributed by atoms with Crippen molar-refractivity contribution in [1.82, 2.24) is 19.5 Å². The van der Waals surface area contributed by atoms with Gasteiger partial charge in [-0.2, -0.15) is 0 Å².